The molecule has 2 aromatic carbocycles. The van der Waals surface area contributed by atoms with Crippen LogP contribution in [0.4, 0.5) is 0 Å². The number of carbonyl (C=O) groups is 1. The van der Waals surface area contributed by atoms with E-state index < -0.39 is 0 Å². The van der Waals surface area contributed by atoms with Crippen LogP contribution in [0.2, 0.25) is 0 Å². The van der Waals surface area contributed by atoms with E-state index in [2.05, 4.69) is 96.7 Å². The number of carbonyl (C=O) groups excluding carboxylic acids is 1. The fraction of sp³-hybridized carbons (Fsp3) is 0.292. The smallest absolute Gasteiger partial charge is 0.165 e. The van der Waals surface area contributed by atoms with Crippen LogP contribution >= 0.6 is 15.9 Å². The van der Waals surface area contributed by atoms with Gasteiger partial charge in [-0.2, -0.15) is 0 Å². The van der Waals surface area contributed by atoms with Gasteiger partial charge in [0.2, 0.25) is 0 Å². The van der Waals surface area contributed by atoms with Crippen molar-refractivity contribution in [1.29, 1.82) is 0 Å². The average molecular weight is 422 g/mol. The number of aryl methyl sites for hydroxylation is 2. The first-order valence-corrected chi connectivity index (χ1v) is 10.2. The molecule has 0 unspecified atom stereocenters. The van der Waals surface area contributed by atoms with E-state index in [1.54, 1.807) is 0 Å². The van der Waals surface area contributed by atoms with Gasteiger partial charge in [-0.15, -0.1) is 0 Å². The maximum atomic E-state index is 12.9. The summed E-state index contributed by atoms with van der Waals surface area (Å²) in [7, 11) is 0. The number of Topliss-reactive ketones (excluding diaryl/α,β-unsaturated/α-hetero) is 1. The molecule has 27 heavy (non-hydrogen) atoms. The normalized spacial score (nSPS) is 15.7. The van der Waals surface area contributed by atoms with Gasteiger partial charge in [-0.05, 0) is 66.6 Å². The van der Waals surface area contributed by atoms with E-state index in [0.717, 1.165) is 33.4 Å². The number of rotatable bonds is 2. The minimum absolute atomic E-state index is 0.0189. The van der Waals surface area contributed by atoms with Crippen molar-refractivity contribution in [2.75, 3.05) is 0 Å². The van der Waals surface area contributed by atoms with E-state index in [0.29, 0.717) is 6.42 Å². The summed E-state index contributed by atoms with van der Waals surface area (Å²) in [5.41, 5.74) is 7.82. The molecule has 1 heterocycles. The first-order chi connectivity index (χ1) is 12.7. The highest BCUT2D eigenvalue weighted by atomic mass is 79.9. The van der Waals surface area contributed by atoms with Crippen LogP contribution in [0.5, 0.6) is 0 Å². The third kappa shape index (κ3) is 3.29. The highest BCUT2D eigenvalue weighted by Gasteiger charge is 2.35. The van der Waals surface area contributed by atoms with E-state index in [1.807, 2.05) is 0 Å². The van der Waals surface area contributed by atoms with E-state index in [-0.39, 0.29) is 11.2 Å². The van der Waals surface area contributed by atoms with Gasteiger partial charge in [-0.1, -0.05) is 54.0 Å². The Morgan fingerprint density at radius 3 is 2.37 bits per heavy atom. The molecule has 0 spiro atoms. The minimum Gasteiger partial charge on any atom is -0.313 e. The van der Waals surface area contributed by atoms with Gasteiger partial charge < -0.3 is 4.57 Å². The number of benzene rings is 2. The topological polar surface area (TPSA) is 22.0 Å². The van der Waals surface area contributed by atoms with Crippen molar-refractivity contribution in [3.63, 3.8) is 0 Å². The maximum Gasteiger partial charge on any atom is 0.165 e. The van der Waals surface area contributed by atoms with Crippen molar-refractivity contribution in [2.24, 2.45) is 5.41 Å². The van der Waals surface area contributed by atoms with Crippen LogP contribution in [-0.4, -0.2) is 10.4 Å². The fourth-order valence-electron chi connectivity index (χ4n) is 4.08. The summed E-state index contributed by atoms with van der Waals surface area (Å²) in [5.74, 6) is 0.253. The van der Waals surface area contributed by atoms with Gasteiger partial charge in [0.15, 0.2) is 5.78 Å². The van der Waals surface area contributed by atoms with Crippen molar-refractivity contribution < 1.29 is 4.79 Å². The number of ketones is 1. The van der Waals surface area contributed by atoms with Crippen LogP contribution in [0.1, 0.15) is 47.4 Å². The molecule has 1 aliphatic rings. The molecule has 0 saturated heterocycles. The zero-order valence-electron chi connectivity index (χ0n) is 16.3. The van der Waals surface area contributed by atoms with Crippen LogP contribution in [0.25, 0.3) is 16.9 Å². The Bertz CT molecular complexity index is 1040. The zero-order valence-corrected chi connectivity index (χ0v) is 17.9. The molecule has 0 bridgehead atoms. The van der Waals surface area contributed by atoms with Crippen LogP contribution in [0, 0.1) is 19.3 Å². The number of halogens is 1. The molecule has 1 aromatic heterocycles. The molecule has 0 atom stereocenters. The second kappa shape index (κ2) is 6.49. The SMILES string of the molecule is Cc1ccc(C)c(-n2c(-c3ccc(Br)cc3)cc3c2CC(C)(C)CC3=O)c1. The number of hydrogen-bond donors (Lipinski definition) is 0. The first-order valence-electron chi connectivity index (χ1n) is 9.36. The van der Waals surface area contributed by atoms with Gasteiger partial charge in [-0.25, -0.2) is 0 Å². The summed E-state index contributed by atoms with van der Waals surface area (Å²) in [6.07, 6.45) is 1.51. The van der Waals surface area contributed by atoms with E-state index in [1.165, 1.54) is 16.8 Å². The number of fused-ring (bicyclic) bond motifs is 1. The number of aromatic nitrogens is 1. The first kappa shape index (κ1) is 18.2. The van der Waals surface area contributed by atoms with Crippen molar-refractivity contribution in [1.82, 2.24) is 4.57 Å². The summed E-state index contributed by atoms with van der Waals surface area (Å²) in [4.78, 5) is 12.9. The van der Waals surface area contributed by atoms with Crippen molar-refractivity contribution >= 4 is 21.7 Å². The lowest BCUT2D eigenvalue weighted by atomic mass is 9.76. The molecule has 3 heteroatoms. The lowest BCUT2D eigenvalue weighted by Crippen LogP contribution is -2.27. The van der Waals surface area contributed by atoms with E-state index >= 15 is 0 Å². The molecule has 0 saturated carbocycles. The van der Waals surface area contributed by atoms with Crippen LogP contribution < -0.4 is 0 Å². The minimum atomic E-state index is -0.0189. The van der Waals surface area contributed by atoms with Gasteiger partial charge in [0, 0.05) is 27.8 Å². The molecule has 0 fully saturated rings. The molecule has 1 aliphatic carbocycles. The number of hydrogen-bond acceptors (Lipinski definition) is 1. The predicted octanol–water partition coefficient (Wildman–Crippen LogP) is 6.68. The lowest BCUT2D eigenvalue weighted by molar-refractivity contribution is 0.0911. The standard InChI is InChI=1S/C24H24BrNO/c1-15-5-6-16(2)20(11-15)26-21(17-7-9-18(25)10-8-17)12-19-22(26)13-24(3,4)14-23(19)27/h5-12H,13-14H2,1-4H3. The summed E-state index contributed by atoms with van der Waals surface area (Å²) in [5, 5.41) is 0. The van der Waals surface area contributed by atoms with Crippen LogP contribution in [0.15, 0.2) is 53.0 Å². The second-order valence-corrected chi connectivity index (χ2v) is 9.38. The average Bonchev–Trinajstić information content (AvgIpc) is 2.96. The van der Waals surface area contributed by atoms with Gasteiger partial charge in [0.1, 0.15) is 0 Å². The maximum absolute atomic E-state index is 12.9. The summed E-state index contributed by atoms with van der Waals surface area (Å²) >= 11 is 3.52. The van der Waals surface area contributed by atoms with Crippen molar-refractivity contribution in [3.8, 4) is 16.9 Å². The lowest BCUT2D eigenvalue weighted by Gasteiger charge is -2.30. The van der Waals surface area contributed by atoms with Gasteiger partial charge in [0.25, 0.3) is 0 Å². The molecule has 3 aromatic rings. The zero-order chi connectivity index (χ0) is 19.3. The van der Waals surface area contributed by atoms with E-state index in [4.69, 9.17) is 0 Å². The Hall–Kier alpha value is -2.13. The third-order valence-corrected chi connectivity index (χ3v) is 5.96. The molecule has 0 radical (unpaired) electrons. The fourth-order valence-corrected chi connectivity index (χ4v) is 4.34. The van der Waals surface area contributed by atoms with Gasteiger partial charge in [0.05, 0.1) is 5.69 Å². The Balaban J connectivity index is 2.04. The van der Waals surface area contributed by atoms with Crippen molar-refractivity contribution in [2.45, 2.75) is 40.5 Å². The largest absolute Gasteiger partial charge is 0.313 e. The monoisotopic (exact) mass is 421 g/mol. The predicted molar refractivity (Wildman–Crippen MR) is 115 cm³/mol. The molecule has 138 valence electrons. The molecule has 0 amide bonds. The second-order valence-electron chi connectivity index (χ2n) is 8.46. The summed E-state index contributed by atoms with van der Waals surface area (Å²) in [6.45, 7) is 8.64. The molecule has 0 aliphatic heterocycles. The Labute approximate surface area is 169 Å². The van der Waals surface area contributed by atoms with Crippen molar-refractivity contribution in [3.05, 3.63) is 75.4 Å². The molecular formula is C24H24BrNO. The van der Waals surface area contributed by atoms with Crippen LogP contribution in [0.3, 0.4) is 0 Å². The summed E-state index contributed by atoms with van der Waals surface area (Å²) in [6, 6.07) is 17.0. The Morgan fingerprint density at radius 2 is 1.67 bits per heavy atom. The highest BCUT2D eigenvalue weighted by Crippen LogP contribution is 2.41. The molecule has 2 nitrogen and oxygen atoms in total. The van der Waals surface area contributed by atoms with Crippen LogP contribution in [-0.2, 0) is 6.42 Å². The molecule has 0 N–H and O–H groups in total. The van der Waals surface area contributed by atoms with Gasteiger partial charge >= 0.3 is 0 Å². The Morgan fingerprint density at radius 1 is 0.963 bits per heavy atom. The number of nitrogens with zero attached hydrogens (tertiary/aromatic N) is 1. The summed E-state index contributed by atoms with van der Waals surface area (Å²) < 4.78 is 3.37. The highest BCUT2D eigenvalue weighted by molar-refractivity contribution is 9.10. The Kier molecular flexibility index (Phi) is 4.38. The molecular weight excluding hydrogens is 398 g/mol. The van der Waals surface area contributed by atoms with Gasteiger partial charge in [-0.3, -0.25) is 4.79 Å². The van der Waals surface area contributed by atoms with E-state index in [9.17, 15) is 4.79 Å². The quantitative estimate of drug-likeness (QED) is 0.452. The molecule has 4 rings (SSSR count). The third-order valence-electron chi connectivity index (χ3n) is 5.43.